The molecule has 1 atom stereocenters. The lowest BCUT2D eigenvalue weighted by Gasteiger charge is -2.17. The van der Waals surface area contributed by atoms with Crippen molar-refractivity contribution in [3.05, 3.63) is 63.3 Å². The molecule has 1 heterocycles. The third-order valence-corrected chi connectivity index (χ3v) is 5.05. The van der Waals surface area contributed by atoms with E-state index < -0.39 is 11.6 Å². The number of rotatable bonds is 7. The smallest absolute Gasteiger partial charge is 0.332 e. The molecule has 1 N–H and O–H groups in total. The fraction of sp³-hybridized carbons (Fsp3) is 0.318. The summed E-state index contributed by atoms with van der Waals surface area (Å²) >= 11 is 0. The number of nitrogens with one attached hydrogen (secondary N) is 1. The van der Waals surface area contributed by atoms with Gasteiger partial charge in [0, 0.05) is 29.9 Å². The number of para-hydroxylation sites is 1. The van der Waals surface area contributed by atoms with E-state index >= 15 is 0 Å². The van der Waals surface area contributed by atoms with E-state index in [1.165, 1.54) is 23.4 Å². The molecule has 1 aromatic heterocycles. The first-order valence-electron chi connectivity index (χ1n) is 9.66. The van der Waals surface area contributed by atoms with Gasteiger partial charge in [-0.25, -0.2) is 4.79 Å². The molecule has 0 unspecified atom stereocenters. The van der Waals surface area contributed by atoms with Crippen LogP contribution in [0, 0.1) is 0 Å². The summed E-state index contributed by atoms with van der Waals surface area (Å²) in [5.74, 6) is 0.641. The maximum atomic E-state index is 13.1. The molecule has 158 valence electrons. The molecule has 0 spiro atoms. The number of carbonyl (C=O) groups is 1. The highest BCUT2D eigenvalue weighted by Gasteiger charge is 2.18. The molecule has 0 aliphatic rings. The van der Waals surface area contributed by atoms with Crippen molar-refractivity contribution in [2.45, 2.75) is 32.9 Å². The van der Waals surface area contributed by atoms with Crippen LogP contribution >= 0.6 is 0 Å². The standard InChI is InChI=1S/C22H25N3O5/c1-5-14(2)25-21(27)18-8-6-7-9-19(18)24(22(25)28)13-20(26)23-15-10-16(29-3)12-17(11-15)30-4/h6-12,14H,5,13H2,1-4H3,(H,23,26)/t14-/m0/s1. The molecule has 3 rings (SSSR count). The minimum Gasteiger partial charge on any atom is -0.497 e. The van der Waals surface area contributed by atoms with Gasteiger partial charge < -0.3 is 14.8 Å². The molecule has 30 heavy (non-hydrogen) atoms. The first kappa shape index (κ1) is 21.2. The molecule has 0 radical (unpaired) electrons. The number of carbonyl (C=O) groups excluding carboxylic acids is 1. The first-order valence-corrected chi connectivity index (χ1v) is 9.66. The van der Waals surface area contributed by atoms with Crippen LogP contribution in [0.3, 0.4) is 0 Å². The molecule has 0 saturated carbocycles. The van der Waals surface area contributed by atoms with Crippen LogP contribution in [0.1, 0.15) is 26.3 Å². The summed E-state index contributed by atoms with van der Waals surface area (Å²) in [6, 6.07) is 11.5. The minimum absolute atomic E-state index is 0.240. The zero-order chi connectivity index (χ0) is 21.8. The van der Waals surface area contributed by atoms with Gasteiger partial charge in [0.05, 0.1) is 25.1 Å². The maximum absolute atomic E-state index is 13.1. The number of fused-ring (bicyclic) bond motifs is 1. The van der Waals surface area contributed by atoms with Crippen LogP contribution in [0.2, 0.25) is 0 Å². The van der Waals surface area contributed by atoms with Crippen molar-refractivity contribution in [1.82, 2.24) is 9.13 Å². The molecule has 0 aliphatic heterocycles. The van der Waals surface area contributed by atoms with Gasteiger partial charge >= 0.3 is 5.69 Å². The first-order chi connectivity index (χ1) is 14.4. The Bertz CT molecular complexity index is 1170. The largest absolute Gasteiger partial charge is 0.497 e. The number of hydrogen-bond donors (Lipinski definition) is 1. The number of methoxy groups -OCH3 is 2. The molecule has 0 bridgehead atoms. The maximum Gasteiger partial charge on any atom is 0.332 e. The Morgan fingerprint density at radius 2 is 1.70 bits per heavy atom. The molecule has 8 nitrogen and oxygen atoms in total. The number of nitrogens with zero attached hydrogens (tertiary/aromatic N) is 2. The summed E-state index contributed by atoms with van der Waals surface area (Å²) in [6.07, 6.45) is 0.614. The van der Waals surface area contributed by atoms with E-state index in [0.717, 1.165) is 0 Å². The van der Waals surface area contributed by atoms with Gasteiger partial charge in [0.2, 0.25) is 5.91 Å². The highest BCUT2D eigenvalue weighted by Crippen LogP contribution is 2.25. The van der Waals surface area contributed by atoms with Crippen LogP contribution in [0.4, 0.5) is 5.69 Å². The Morgan fingerprint density at radius 1 is 1.07 bits per heavy atom. The van der Waals surface area contributed by atoms with E-state index in [1.807, 2.05) is 13.8 Å². The lowest BCUT2D eigenvalue weighted by atomic mass is 10.2. The summed E-state index contributed by atoms with van der Waals surface area (Å²) in [4.78, 5) is 38.7. The van der Waals surface area contributed by atoms with E-state index in [1.54, 1.807) is 42.5 Å². The van der Waals surface area contributed by atoms with Gasteiger partial charge in [-0.05, 0) is 25.5 Å². The number of hydrogen-bond acceptors (Lipinski definition) is 5. The predicted octanol–water partition coefficient (Wildman–Crippen LogP) is 2.79. The van der Waals surface area contributed by atoms with E-state index in [0.29, 0.717) is 34.5 Å². The average Bonchev–Trinajstić information content (AvgIpc) is 2.76. The molecule has 8 heteroatoms. The van der Waals surface area contributed by atoms with Crippen molar-refractivity contribution < 1.29 is 14.3 Å². The fourth-order valence-electron chi connectivity index (χ4n) is 3.29. The van der Waals surface area contributed by atoms with Crippen molar-refractivity contribution >= 4 is 22.5 Å². The number of ether oxygens (including phenoxy) is 2. The minimum atomic E-state index is -0.508. The van der Waals surface area contributed by atoms with E-state index in [2.05, 4.69) is 5.32 Å². The quantitative estimate of drug-likeness (QED) is 0.646. The van der Waals surface area contributed by atoms with Gasteiger partial charge in [-0.2, -0.15) is 0 Å². The van der Waals surface area contributed by atoms with Crippen LogP contribution in [0.5, 0.6) is 11.5 Å². The van der Waals surface area contributed by atoms with Crippen LogP contribution < -0.4 is 26.0 Å². The lowest BCUT2D eigenvalue weighted by Crippen LogP contribution is -2.43. The van der Waals surface area contributed by atoms with Gasteiger partial charge in [0.25, 0.3) is 5.56 Å². The molecule has 0 aliphatic carbocycles. The fourth-order valence-corrected chi connectivity index (χ4v) is 3.29. The Balaban J connectivity index is 2.02. The highest BCUT2D eigenvalue weighted by molar-refractivity contribution is 5.92. The predicted molar refractivity (Wildman–Crippen MR) is 116 cm³/mol. The van der Waals surface area contributed by atoms with Crippen molar-refractivity contribution in [3.63, 3.8) is 0 Å². The van der Waals surface area contributed by atoms with Gasteiger partial charge in [-0.15, -0.1) is 0 Å². The van der Waals surface area contributed by atoms with Crippen LogP contribution in [0.15, 0.2) is 52.1 Å². The molecule has 0 saturated heterocycles. The Kier molecular flexibility index (Phi) is 6.25. The van der Waals surface area contributed by atoms with Gasteiger partial charge in [-0.1, -0.05) is 19.1 Å². The van der Waals surface area contributed by atoms with Crippen molar-refractivity contribution in [2.75, 3.05) is 19.5 Å². The van der Waals surface area contributed by atoms with Crippen LogP contribution in [0.25, 0.3) is 10.9 Å². The molecule has 3 aromatic rings. The topological polar surface area (TPSA) is 91.6 Å². The second-order valence-electron chi connectivity index (χ2n) is 6.97. The highest BCUT2D eigenvalue weighted by atomic mass is 16.5. The second kappa shape index (κ2) is 8.86. The zero-order valence-corrected chi connectivity index (χ0v) is 17.5. The third kappa shape index (κ3) is 4.07. The number of aromatic nitrogens is 2. The Hall–Kier alpha value is -3.55. The molecule has 0 fully saturated rings. The van der Waals surface area contributed by atoms with Crippen molar-refractivity contribution in [3.8, 4) is 11.5 Å². The van der Waals surface area contributed by atoms with Crippen LogP contribution in [-0.2, 0) is 11.3 Å². The summed E-state index contributed by atoms with van der Waals surface area (Å²) in [7, 11) is 3.04. The lowest BCUT2D eigenvalue weighted by molar-refractivity contribution is -0.116. The summed E-state index contributed by atoms with van der Waals surface area (Å²) in [5.41, 5.74) is 0.0415. The van der Waals surface area contributed by atoms with E-state index in [9.17, 15) is 14.4 Å². The van der Waals surface area contributed by atoms with Crippen LogP contribution in [-0.4, -0.2) is 29.3 Å². The van der Waals surface area contributed by atoms with Crippen molar-refractivity contribution in [1.29, 1.82) is 0 Å². The normalized spacial score (nSPS) is 11.9. The van der Waals surface area contributed by atoms with E-state index in [-0.39, 0.29) is 18.1 Å². The summed E-state index contributed by atoms with van der Waals surface area (Å²) < 4.78 is 13.0. The molecule has 1 amide bonds. The van der Waals surface area contributed by atoms with Crippen molar-refractivity contribution in [2.24, 2.45) is 0 Å². The molecule has 2 aromatic carbocycles. The SMILES string of the molecule is CC[C@H](C)n1c(=O)c2ccccc2n(CC(=O)Nc2cc(OC)cc(OC)c2)c1=O. The Labute approximate surface area is 173 Å². The summed E-state index contributed by atoms with van der Waals surface area (Å²) in [6.45, 7) is 3.47. The average molecular weight is 411 g/mol. The number of anilines is 1. The Morgan fingerprint density at radius 3 is 2.30 bits per heavy atom. The van der Waals surface area contributed by atoms with E-state index in [4.69, 9.17) is 9.47 Å². The van der Waals surface area contributed by atoms with Gasteiger partial charge in [0.1, 0.15) is 18.0 Å². The molecular formula is C22H25N3O5. The zero-order valence-electron chi connectivity index (χ0n) is 17.5. The van der Waals surface area contributed by atoms with Gasteiger partial charge in [0.15, 0.2) is 0 Å². The number of benzene rings is 2. The summed E-state index contributed by atoms with van der Waals surface area (Å²) in [5, 5.41) is 3.16. The second-order valence-corrected chi connectivity index (χ2v) is 6.97. The van der Waals surface area contributed by atoms with Gasteiger partial charge in [-0.3, -0.25) is 18.7 Å². The molecular weight excluding hydrogens is 386 g/mol. The third-order valence-electron chi connectivity index (χ3n) is 5.05. The number of amides is 1. The monoisotopic (exact) mass is 411 g/mol.